The first-order chi connectivity index (χ1) is 9.24. The van der Waals surface area contributed by atoms with Gasteiger partial charge in [0.25, 0.3) is 0 Å². The predicted molar refractivity (Wildman–Crippen MR) is 70.9 cm³/mol. The lowest BCUT2D eigenvalue weighted by Crippen LogP contribution is -2.35. The molecule has 19 heavy (non-hydrogen) atoms. The van der Waals surface area contributed by atoms with E-state index in [1.165, 1.54) is 31.0 Å². The van der Waals surface area contributed by atoms with E-state index in [0.29, 0.717) is 30.3 Å². The van der Waals surface area contributed by atoms with Crippen LogP contribution in [0.4, 0.5) is 4.39 Å². The van der Waals surface area contributed by atoms with Gasteiger partial charge >= 0.3 is 0 Å². The lowest BCUT2D eigenvalue weighted by molar-refractivity contribution is 0.144. The van der Waals surface area contributed by atoms with E-state index in [4.69, 9.17) is 5.26 Å². The molecule has 1 aliphatic rings. The number of aliphatic hydroxyl groups is 1. The number of halogens is 1. The van der Waals surface area contributed by atoms with E-state index in [9.17, 15) is 9.50 Å². The summed E-state index contributed by atoms with van der Waals surface area (Å²) in [6.45, 7) is 1.20. The topological polar surface area (TPSA) is 47.3 Å². The number of nitriles is 1. The van der Waals surface area contributed by atoms with Gasteiger partial charge in [-0.05, 0) is 36.6 Å². The SMILES string of the molecule is N#Cc1ccc(F)cc1CN(CCO)C1CCCC1. The highest BCUT2D eigenvalue weighted by Crippen LogP contribution is 2.25. The Labute approximate surface area is 113 Å². The molecular weight excluding hydrogens is 243 g/mol. The Morgan fingerprint density at radius 3 is 2.74 bits per heavy atom. The van der Waals surface area contributed by atoms with Crippen molar-refractivity contribution in [2.75, 3.05) is 13.2 Å². The molecule has 3 nitrogen and oxygen atoms in total. The molecule has 0 aromatic heterocycles. The Hall–Kier alpha value is -1.44. The zero-order valence-electron chi connectivity index (χ0n) is 11.0. The van der Waals surface area contributed by atoms with Gasteiger partial charge in [0.15, 0.2) is 0 Å². The largest absolute Gasteiger partial charge is 0.395 e. The van der Waals surface area contributed by atoms with E-state index in [1.807, 2.05) is 0 Å². The monoisotopic (exact) mass is 262 g/mol. The van der Waals surface area contributed by atoms with Crippen molar-refractivity contribution in [3.8, 4) is 6.07 Å². The summed E-state index contributed by atoms with van der Waals surface area (Å²) < 4.78 is 13.3. The fraction of sp³-hybridized carbons (Fsp3) is 0.533. The van der Waals surface area contributed by atoms with Crippen LogP contribution in [0.1, 0.15) is 36.8 Å². The van der Waals surface area contributed by atoms with E-state index in [0.717, 1.165) is 12.8 Å². The highest BCUT2D eigenvalue weighted by Gasteiger charge is 2.23. The van der Waals surface area contributed by atoms with Crippen LogP contribution in [0, 0.1) is 17.1 Å². The molecule has 0 heterocycles. The Morgan fingerprint density at radius 1 is 1.37 bits per heavy atom. The molecule has 1 saturated carbocycles. The molecule has 1 aliphatic carbocycles. The first-order valence-electron chi connectivity index (χ1n) is 6.78. The summed E-state index contributed by atoms with van der Waals surface area (Å²) in [6.07, 6.45) is 4.66. The van der Waals surface area contributed by atoms with Gasteiger partial charge in [0.05, 0.1) is 18.2 Å². The number of nitrogens with zero attached hydrogens (tertiary/aromatic N) is 2. The normalized spacial score (nSPS) is 15.9. The molecule has 4 heteroatoms. The van der Waals surface area contributed by atoms with Gasteiger partial charge in [-0.2, -0.15) is 5.26 Å². The van der Waals surface area contributed by atoms with Gasteiger partial charge in [-0.15, -0.1) is 0 Å². The van der Waals surface area contributed by atoms with Crippen LogP contribution in [-0.4, -0.2) is 29.2 Å². The number of hydrogen-bond acceptors (Lipinski definition) is 3. The van der Waals surface area contributed by atoms with Crippen molar-refractivity contribution >= 4 is 0 Å². The van der Waals surface area contributed by atoms with Gasteiger partial charge in [0.2, 0.25) is 0 Å². The maximum absolute atomic E-state index is 13.3. The second-order valence-electron chi connectivity index (χ2n) is 5.05. The highest BCUT2D eigenvalue weighted by molar-refractivity contribution is 5.37. The van der Waals surface area contributed by atoms with Crippen molar-refractivity contribution in [2.24, 2.45) is 0 Å². The predicted octanol–water partition coefficient (Wildman–Crippen LogP) is 2.43. The molecule has 1 fully saturated rings. The minimum Gasteiger partial charge on any atom is -0.395 e. The summed E-state index contributed by atoms with van der Waals surface area (Å²) in [6, 6.07) is 6.82. The van der Waals surface area contributed by atoms with Crippen molar-refractivity contribution in [2.45, 2.75) is 38.3 Å². The molecule has 2 rings (SSSR count). The fourth-order valence-electron chi connectivity index (χ4n) is 2.81. The van der Waals surface area contributed by atoms with Crippen LogP contribution in [0.15, 0.2) is 18.2 Å². The second-order valence-corrected chi connectivity index (χ2v) is 5.05. The molecule has 1 N–H and O–H groups in total. The Balaban J connectivity index is 2.16. The molecular formula is C15H19FN2O. The summed E-state index contributed by atoms with van der Waals surface area (Å²) in [4.78, 5) is 2.17. The van der Waals surface area contributed by atoms with Crippen molar-refractivity contribution < 1.29 is 9.50 Å². The molecule has 0 atom stereocenters. The third kappa shape index (κ3) is 3.52. The smallest absolute Gasteiger partial charge is 0.123 e. The van der Waals surface area contributed by atoms with Crippen molar-refractivity contribution in [1.29, 1.82) is 5.26 Å². The Bertz CT molecular complexity index is 464. The van der Waals surface area contributed by atoms with E-state index >= 15 is 0 Å². The van der Waals surface area contributed by atoms with Gasteiger partial charge in [0.1, 0.15) is 5.82 Å². The quantitative estimate of drug-likeness (QED) is 0.886. The standard InChI is InChI=1S/C15H19FN2O/c16-14-6-5-12(10-17)13(9-14)11-18(7-8-19)15-3-1-2-4-15/h5-6,9,15,19H,1-4,7-8,11H2. The van der Waals surface area contributed by atoms with E-state index in [2.05, 4.69) is 11.0 Å². The number of hydrogen-bond donors (Lipinski definition) is 1. The molecule has 1 aromatic rings. The van der Waals surface area contributed by atoms with Gasteiger partial charge in [-0.1, -0.05) is 12.8 Å². The highest BCUT2D eigenvalue weighted by atomic mass is 19.1. The number of benzene rings is 1. The van der Waals surface area contributed by atoms with Crippen LogP contribution in [0.25, 0.3) is 0 Å². The lowest BCUT2D eigenvalue weighted by atomic mass is 10.1. The van der Waals surface area contributed by atoms with Crippen molar-refractivity contribution in [1.82, 2.24) is 4.90 Å². The molecule has 0 radical (unpaired) electrons. The van der Waals surface area contributed by atoms with Gasteiger partial charge < -0.3 is 5.11 Å². The minimum atomic E-state index is -0.315. The van der Waals surface area contributed by atoms with Crippen LogP contribution >= 0.6 is 0 Å². The summed E-state index contributed by atoms with van der Waals surface area (Å²) in [5, 5.41) is 18.3. The Kier molecular flexibility index (Phi) is 4.89. The van der Waals surface area contributed by atoms with Crippen molar-refractivity contribution in [3.63, 3.8) is 0 Å². The fourth-order valence-corrected chi connectivity index (χ4v) is 2.81. The van der Waals surface area contributed by atoms with E-state index in [-0.39, 0.29) is 12.4 Å². The van der Waals surface area contributed by atoms with Crippen molar-refractivity contribution in [3.05, 3.63) is 35.1 Å². The molecule has 0 saturated heterocycles. The van der Waals surface area contributed by atoms with Crippen LogP contribution in [-0.2, 0) is 6.54 Å². The third-order valence-electron chi connectivity index (χ3n) is 3.79. The maximum Gasteiger partial charge on any atom is 0.123 e. The molecule has 0 unspecified atom stereocenters. The van der Waals surface area contributed by atoms with Crippen LogP contribution in [0.5, 0.6) is 0 Å². The molecule has 0 spiro atoms. The second kappa shape index (κ2) is 6.65. The van der Waals surface area contributed by atoms with Gasteiger partial charge in [0, 0.05) is 19.1 Å². The summed E-state index contributed by atoms with van der Waals surface area (Å²) in [5.74, 6) is -0.315. The maximum atomic E-state index is 13.3. The lowest BCUT2D eigenvalue weighted by Gasteiger charge is -2.28. The summed E-state index contributed by atoms with van der Waals surface area (Å²) in [7, 11) is 0. The Morgan fingerprint density at radius 2 is 2.11 bits per heavy atom. The molecule has 102 valence electrons. The third-order valence-corrected chi connectivity index (χ3v) is 3.79. The van der Waals surface area contributed by atoms with Gasteiger partial charge in [-0.25, -0.2) is 4.39 Å². The van der Waals surface area contributed by atoms with E-state index < -0.39 is 0 Å². The molecule has 0 bridgehead atoms. The number of aliphatic hydroxyl groups excluding tert-OH is 1. The zero-order valence-corrected chi connectivity index (χ0v) is 11.0. The zero-order chi connectivity index (χ0) is 13.7. The average Bonchev–Trinajstić information content (AvgIpc) is 2.92. The molecule has 0 amide bonds. The van der Waals surface area contributed by atoms with Gasteiger partial charge in [-0.3, -0.25) is 4.90 Å². The average molecular weight is 262 g/mol. The van der Waals surface area contributed by atoms with E-state index in [1.54, 1.807) is 0 Å². The van der Waals surface area contributed by atoms with Crippen LogP contribution in [0.3, 0.4) is 0 Å². The molecule has 1 aromatic carbocycles. The first kappa shape index (κ1) is 14.0. The first-order valence-corrected chi connectivity index (χ1v) is 6.78. The summed E-state index contributed by atoms with van der Waals surface area (Å²) in [5.41, 5.74) is 1.23. The summed E-state index contributed by atoms with van der Waals surface area (Å²) >= 11 is 0. The van der Waals surface area contributed by atoms with Crippen LogP contribution < -0.4 is 0 Å². The minimum absolute atomic E-state index is 0.0910. The molecule has 0 aliphatic heterocycles. The number of rotatable bonds is 5. The van der Waals surface area contributed by atoms with Crippen LogP contribution in [0.2, 0.25) is 0 Å².